The molecule has 4 aromatic carbocycles. The summed E-state index contributed by atoms with van der Waals surface area (Å²) in [4.78, 5) is 30.1. The summed E-state index contributed by atoms with van der Waals surface area (Å²) < 4.78 is 41.4. The van der Waals surface area contributed by atoms with E-state index in [1.54, 1.807) is 24.3 Å². The van der Waals surface area contributed by atoms with E-state index in [9.17, 15) is 18.0 Å². The number of benzene rings is 4. The first kappa shape index (κ1) is 36.5. The molecule has 9 nitrogen and oxygen atoms in total. The van der Waals surface area contributed by atoms with E-state index in [-0.39, 0.29) is 29.5 Å². The number of aryl methyl sites for hydroxylation is 1. The van der Waals surface area contributed by atoms with Crippen molar-refractivity contribution < 1.29 is 27.5 Å². The fourth-order valence-corrected chi connectivity index (χ4v) is 7.09. The summed E-state index contributed by atoms with van der Waals surface area (Å²) in [6.07, 6.45) is 1.91. The van der Waals surface area contributed by atoms with E-state index in [0.29, 0.717) is 18.0 Å². The Morgan fingerprint density at radius 2 is 1.54 bits per heavy atom. The van der Waals surface area contributed by atoms with Crippen molar-refractivity contribution in [1.29, 1.82) is 0 Å². The summed E-state index contributed by atoms with van der Waals surface area (Å²) in [6.45, 7) is 3.85. The molecule has 0 spiro atoms. The number of anilines is 1. The van der Waals surface area contributed by atoms with Gasteiger partial charge in [0.25, 0.3) is 10.0 Å². The minimum absolute atomic E-state index is 0.0207. The number of sulfonamides is 1. The molecule has 1 atom stereocenters. The van der Waals surface area contributed by atoms with Crippen LogP contribution in [0.15, 0.2) is 106 Å². The number of ether oxygens (including phenoxy) is 2. The fraction of sp³-hybridized carbons (Fsp3) is 0.297. The van der Waals surface area contributed by atoms with Gasteiger partial charge in [0.2, 0.25) is 11.8 Å². The normalized spacial score (nSPS) is 11.8. The molecule has 0 unspecified atom stereocenters. The zero-order valence-electron chi connectivity index (χ0n) is 27.7. The van der Waals surface area contributed by atoms with Crippen LogP contribution in [0.5, 0.6) is 11.5 Å². The van der Waals surface area contributed by atoms with Gasteiger partial charge in [-0.25, -0.2) is 8.42 Å². The van der Waals surface area contributed by atoms with Gasteiger partial charge < -0.3 is 19.7 Å². The molecule has 2 amide bonds. The Bertz CT molecular complexity index is 1780. The Kier molecular flexibility index (Phi) is 13.0. The Morgan fingerprint density at radius 3 is 2.19 bits per heavy atom. The van der Waals surface area contributed by atoms with Crippen LogP contribution in [0.25, 0.3) is 0 Å². The second-order valence-corrected chi connectivity index (χ2v) is 14.1. The van der Waals surface area contributed by atoms with Gasteiger partial charge in [-0.3, -0.25) is 13.9 Å². The summed E-state index contributed by atoms with van der Waals surface area (Å²) >= 11 is 3.51. The highest BCUT2D eigenvalue weighted by Crippen LogP contribution is 2.34. The number of hydrogen-bond donors (Lipinski definition) is 1. The number of hydrogen-bond acceptors (Lipinski definition) is 6. The number of unbranched alkanes of at least 4 members (excludes halogenated alkanes) is 1. The molecule has 0 aliphatic rings. The Labute approximate surface area is 292 Å². The van der Waals surface area contributed by atoms with Crippen LogP contribution in [-0.2, 0) is 32.6 Å². The quantitative estimate of drug-likeness (QED) is 0.131. The maximum absolute atomic E-state index is 14.7. The SMILES string of the molecule is CCCCNC(=O)[C@H](Cc1ccccc1)N(Cc1cccc(Br)c1)C(=O)CN(c1ccc(OC)c(OC)c1)S(=O)(=O)c1ccc(C)cc1. The zero-order valence-corrected chi connectivity index (χ0v) is 30.1. The van der Waals surface area contributed by atoms with Gasteiger partial charge in [-0.05, 0) is 60.9 Å². The molecule has 0 fully saturated rings. The van der Waals surface area contributed by atoms with Crippen LogP contribution in [0.4, 0.5) is 5.69 Å². The van der Waals surface area contributed by atoms with Crippen molar-refractivity contribution in [1.82, 2.24) is 10.2 Å². The molecule has 254 valence electrons. The zero-order chi connectivity index (χ0) is 34.7. The average molecular weight is 737 g/mol. The summed E-state index contributed by atoms with van der Waals surface area (Å²) in [6, 6.07) is 27.2. The average Bonchev–Trinajstić information content (AvgIpc) is 3.09. The van der Waals surface area contributed by atoms with Crippen molar-refractivity contribution in [3.05, 3.63) is 118 Å². The molecule has 4 rings (SSSR count). The van der Waals surface area contributed by atoms with Crippen LogP contribution in [-0.4, -0.2) is 58.5 Å². The molecule has 48 heavy (non-hydrogen) atoms. The highest BCUT2D eigenvalue weighted by atomic mass is 79.9. The minimum atomic E-state index is -4.26. The monoisotopic (exact) mass is 735 g/mol. The van der Waals surface area contributed by atoms with Crippen LogP contribution in [0.1, 0.15) is 36.5 Å². The summed E-state index contributed by atoms with van der Waals surface area (Å²) in [7, 11) is -1.32. The predicted octanol–water partition coefficient (Wildman–Crippen LogP) is 6.53. The minimum Gasteiger partial charge on any atom is -0.493 e. The van der Waals surface area contributed by atoms with Gasteiger partial charge in [-0.2, -0.15) is 0 Å². The lowest BCUT2D eigenvalue weighted by Gasteiger charge is -2.34. The number of rotatable bonds is 16. The molecule has 11 heteroatoms. The van der Waals surface area contributed by atoms with Gasteiger partial charge in [0.05, 0.1) is 24.8 Å². The second-order valence-electron chi connectivity index (χ2n) is 11.4. The second kappa shape index (κ2) is 17.2. The van der Waals surface area contributed by atoms with E-state index in [2.05, 4.69) is 21.2 Å². The van der Waals surface area contributed by atoms with Gasteiger partial charge in [0, 0.05) is 30.0 Å². The number of halogens is 1. The molecule has 0 radical (unpaired) electrons. The lowest BCUT2D eigenvalue weighted by Crippen LogP contribution is -2.53. The smallest absolute Gasteiger partial charge is 0.264 e. The Balaban J connectivity index is 1.83. The number of amides is 2. The molecular formula is C37H42BrN3O6S. The number of nitrogens with zero attached hydrogens (tertiary/aromatic N) is 2. The van der Waals surface area contributed by atoms with E-state index >= 15 is 0 Å². The first-order valence-corrected chi connectivity index (χ1v) is 18.0. The largest absolute Gasteiger partial charge is 0.493 e. The van der Waals surface area contributed by atoms with Crippen LogP contribution in [0.2, 0.25) is 0 Å². The Morgan fingerprint density at radius 1 is 0.854 bits per heavy atom. The molecule has 0 aromatic heterocycles. The van der Waals surface area contributed by atoms with Gasteiger partial charge in [0.1, 0.15) is 12.6 Å². The van der Waals surface area contributed by atoms with Crippen LogP contribution >= 0.6 is 15.9 Å². The molecule has 0 aliphatic carbocycles. The van der Waals surface area contributed by atoms with Crippen LogP contribution in [0.3, 0.4) is 0 Å². The summed E-state index contributed by atoms with van der Waals surface area (Å²) in [5, 5.41) is 3.01. The van der Waals surface area contributed by atoms with Gasteiger partial charge in [-0.1, -0.05) is 89.4 Å². The standard InChI is InChI=1S/C37H42BrN3O6S/c1-5-6-21-39-37(43)33(23-28-11-8-7-9-12-28)40(25-29-13-10-14-30(38)22-29)36(42)26-41(31-17-20-34(46-3)35(24-31)47-4)48(44,45)32-18-15-27(2)16-19-32/h7-20,22,24,33H,5-6,21,23,25-26H2,1-4H3,(H,39,43)/t33-/m0/s1. The number of methoxy groups -OCH3 is 2. The molecule has 0 aliphatic heterocycles. The fourth-order valence-electron chi connectivity index (χ4n) is 5.24. The molecule has 0 saturated carbocycles. The third kappa shape index (κ3) is 9.38. The number of carbonyl (C=O) groups excluding carboxylic acids is 2. The maximum Gasteiger partial charge on any atom is 0.264 e. The lowest BCUT2D eigenvalue weighted by atomic mass is 10.0. The van der Waals surface area contributed by atoms with E-state index in [4.69, 9.17) is 9.47 Å². The highest BCUT2D eigenvalue weighted by molar-refractivity contribution is 9.10. The van der Waals surface area contributed by atoms with Crippen molar-refractivity contribution in [2.24, 2.45) is 0 Å². The van der Waals surface area contributed by atoms with Crippen molar-refractivity contribution in [2.75, 3.05) is 31.6 Å². The Hall–Kier alpha value is -4.35. The van der Waals surface area contributed by atoms with E-state index in [1.807, 2.05) is 68.4 Å². The first-order chi connectivity index (χ1) is 23.1. The van der Waals surface area contributed by atoms with E-state index in [1.165, 1.54) is 37.3 Å². The third-order valence-corrected chi connectivity index (χ3v) is 10.2. The lowest BCUT2D eigenvalue weighted by molar-refractivity contribution is -0.140. The van der Waals surface area contributed by atoms with Crippen LogP contribution < -0.4 is 19.1 Å². The van der Waals surface area contributed by atoms with Gasteiger partial charge in [-0.15, -0.1) is 0 Å². The molecule has 4 aromatic rings. The molecule has 1 N–H and O–H groups in total. The molecule has 0 heterocycles. The highest BCUT2D eigenvalue weighted by Gasteiger charge is 2.35. The predicted molar refractivity (Wildman–Crippen MR) is 192 cm³/mol. The van der Waals surface area contributed by atoms with E-state index in [0.717, 1.165) is 38.3 Å². The number of nitrogens with one attached hydrogen (secondary N) is 1. The van der Waals surface area contributed by atoms with Crippen molar-refractivity contribution in [2.45, 2.75) is 50.6 Å². The first-order valence-electron chi connectivity index (χ1n) is 15.7. The van der Waals surface area contributed by atoms with Gasteiger partial charge in [0.15, 0.2) is 11.5 Å². The molecular weight excluding hydrogens is 694 g/mol. The van der Waals surface area contributed by atoms with E-state index < -0.39 is 28.5 Å². The van der Waals surface area contributed by atoms with Crippen molar-refractivity contribution in [3.8, 4) is 11.5 Å². The molecule has 0 bridgehead atoms. The maximum atomic E-state index is 14.7. The van der Waals surface area contributed by atoms with Gasteiger partial charge >= 0.3 is 0 Å². The summed E-state index contributed by atoms with van der Waals surface area (Å²) in [5.41, 5.74) is 2.73. The number of carbonyl (C=O) groups is 2. The van der Waals surface area contributed by atoms with Crippen molar-refractivity contribution in [3.63, 3.8) is 0 Å². The molecule has 0 saturated heterocycles. The third-order valence-electron chi connectivity index (χ3n) is 7.89. The summed E-state index contributed by atoms with van der Waals surface area (Å²) in [5.74, 6) is -0.153. The topological polar surface area (TPSA) is 105 Å². The van der Waals surface area contributed by atoms with Crippen molar-refractivity contribution >= 4 is 43.5 Å². The van der Waals surface area contributed by atoms with Crippen LogP contribution in [0, 0.1) is 6.92 Å².